The highest BCUT2D eigenvalue weighted by molar-refractivity contribution is 7.45. The Kier molecular flexibility index (Phi) is 51.6. The summed E-state index contributed by atoms with van der Waals surface area (Å²) in [5.74, 6) is -0.585. The minimum absolute atomic E-state index is 0.0341. The van der Waals surface area contributed by atoms with E-state index in [0.717, 1.165) is 141 Å². The molecule has 75 heavy (non-hydrogen) atoms. The Hall–Kier alpha value is -3.33. The lowest BCUT2D eigenvalue weighted by Gasteiger charge is -2.30. The first-order valence-electron chi connectivity index (χ1n) is 30.2. The molecule has 430 valence electrons. The van der Waals surface area contributed by atoms with Crippen LogP contribution in [0.4, 0.5) is 0 Å². The van der Waals surface area contributed by atoms with Gasteiger partial charge in [-0.15, -0.1) is 0 Å². The van der Waals surface area contributed by atoms with Crippen LogP contribution in [-0.2, 0) is 27.9 Å². The summed E-state index contributed by atoms with van der Waals surface area (Å²) >= 11 is 0. The zero-order valence-corrected chi connectivity index (χ0v) is 49.9. The number of hydrogen-bond donors (Lipinski definition) is 1. The number of carbonyl (C=O) groups excluding carboxylic acids is 2. The van der Waals surface area contributed by atoms with Crippen LogP contribution in [0, 0.1) is 0 Å². The van der Waals surface area contributed by atoms with Crippen molar-refractivity contribution in [3.8, 4) is 0 Å². The molecule has 1 amide bonds. The van der Waals surface area contributed by atoms with Crippen LogP contribution in [0.3, 0.4) is 0 Å². The average molecular weight is 1070 g/mol. The number of quaternary nitrogens is 1. The lowest BCUT2D eigenvalue weighted by atomic mass is 10.0. The molecular weight excluding hydrogens is 952 g/mol. The summed E-state index contributed by atoms with van der Waals surface area (Å²) in [6, 6.07) is -0.910. The van der Waals surface area contributed by atoms with E-state index >= 15 is 0 Å². The summed E-state index contributed by atoms with van der Waals surface area (Å²) < 4.78 is 30.3. The number of allylic oxidation sites excluding steroid dienone is 17. The maximum absolute atomic E-state index is 13.5. The van der Waals surface area contributed by atoms with Crippen molar-refractivity contribution in [2.45, 2.75) is 251 Å². The second-order valence-corrected chi connectivity index (χ2v) is 22.5. The summed E-state index contributed by atoms with van der Waals surface area (Å²) in [4.78, 5) is 40.0. The lowest BCUT2D eigenvalue weighted by Crippen LogP contribution is -2.47. The molecule has 0 radical (unpaired) electrons. The van der Waals surface area contributed by atoms with Crippen LogP contribution in [0.1, 0.15) is 239 Å². The van der Waals surface area contributed by atoms with Gasteiger partial charge < -0.3 is 28.5 Å². The van der Waals surface area contributed by atoms with Gasteiger partial charge in [-0.25, -0.2) is 0 Å². The van der Waals surface area contributed by atoms with Crippen LogP contribution < -0.4 is 10.2 Å². The van der Waals surface area contributed by atoms with Gasteiger partial charge in [-0.3, -0.25) is 14.2 Å². The molecule has 0 rings (SSSR count). The fraction of sp³-hybridized carbons (Fsp3) is 0.692. The van der Waals surface area contributed by atoms with Crippen molar-refractivity contribution in [2.75, 3.05) is 40.9 Å². The predicted octanol–water partition coefficient (Wildman–Crippen LogP) is 17.9. The summed E-state index contributed by atoms with van der Waals surface area (Å²) in [5, 5.41) is 3.01. The smallest absolute Gasteiger partial charge is 0.306 e. The van der Waals surface area contributed by atoms with Gasteiger partial charge in [0.1, 0.15) is 19.3 Å². The Bertz CT molecular complexity index is 1650. The van der Waals surface area contributed by atoms with Gasteiger partial charge in [0.05, 0.1) is 33.8 Å². The van der Waals surface area contributed by atoms with E-state index in [1.54, 1.807) is 0 Å². The van der Waals surface area contributed by atoms with Gasteiger partial charge in [-0.1, -0.05) is 227 Å². The average Bonchev–Trinajstić information content (AvgIpc) is 3.37. The summed E-state index contributed by atoms with van der Waals surface area (Å²) in [6.45, 7) is 6.58. The van der Waals surface area contributed by atoms with Gasteiger partial charge in [0, 0.05) is 12.8 Å². The van der Waals surface area contributed by atoms with Crippen LogP contribution >= 0.6 is 7.82 Å². The minimum Gasteiger partial charge on any atom is -0.756 e. The van der Waals surface area contributed by atoms with E-state index in [1.165, 1.54) is 51.4 Å². The Labute approximate surface area is 461 Å². The van der Waals surface area contributed by atoms with Crippen molar-refractivity contribution in [1.82, 2.24) is 5.32 Å². The molecule has 10 heteroatoms. The second kappa shape index (κ2) is 54.0. The second-order valence-electron chi connectivity index (χ2n) is 21.1. The topological polar surface area (TPSA) is 114 Å². The molecule has 0 aliphatic carbocycles. The fourth-order valence-corrected chi connectivity index (χ4v) is 8.81. The third-order valence-electron chi connectivity index (χ3n) is 12.7. The monoisotopic (exact) mass is 1060 g/mol. The molecule has 3 atom stereocenters. The Morgan fingerprint density at radius 1 is 0.480 bits per heavy atom. The molecule has 0 heterocycles. The fourth-order valence-electron chi connectivity index (χ4n) is 8.09. The number of rotatable bonds is 53. The van der Waals surface area contributed by atoms with E-state index in [0.29, 0.717) is 30.3 Å². The normalized spacial score (nSPS) is 14.5. The number of phosphoric acid groups is 1. The molecule has 1 N–H and O–H groups in total. The van der Waals surface area contributed by atoms with E-state index in [1.807, 2.05) is 33.3 Å². The highest BCUT2D eigenvalue weighted by Gasteiger charge is 2.27. The molecule has 9 nitrogen and oxygen atoms in total. The number of esters is 1. The van der Waals surface area contributed by atoms with Crippen LogP contribution in [-0.4, -0.2) is 69.4 Å². The van der Waals surface area contributed by atoms with Crippen LogP contribution in [0.25, 0.3) is 0 Å². The third-order valence-corrected chi connectivity index (χ3v) is 13.7. The Morgan fingerprint density at radius 3 is 1.28 bits per heavy atom. The number of unbranched alkanes of at least 4 members (excludes halogenated alkanes) is 21. The molecule has 0 aromatic heterocycles. The van der Waals surface area contributed by atoms with E-state index in [4.69, 9.17) is 13.8 Å². The number of hydrogen-bond acceptors (Lipinski definition) is 7. The molecule has 3 unspecified atom stereocenters. The van der Waals surface area contributed by atoms with Gasteiger partial charge in [0.2, 0.25) is 5.91 Å². The molecule has 0 saturated heterocycles. The molecule has 0 aliphatic rings. The van der Waals surface area contributed by atoms with Gasteiger partial charge in [-0.2, -0.15) is 0 Å². The van der Waals surface area contributed by atoms with Crippen LogP contribution in [0.2, 0.25) is 0 Å². The molecule has 0 fully saturated rings. The number of amides is 1. The number of nitrogens with one attached hydrogen (secondary N) is 1. The molecule has 0 aromatic carbocycles. The SMILES string of the molecule is CC/C=C\C/C=C\C/C=C\C/C=C\C/C=C\CCCCCCCC(=O)OC(/C=C/CCCCCCCCCCCC)C(COP(=O)([O-])OCC[N+](C)(C)C)NC(=O)CCCCCCCC/C=C/C/C=C/C/C=C/CC. The Morgan fingerprint density at radius 2 is 0.853 bits per heavy atom. The highest BCUT2D eigenvalue weighted by atomic mass is 31.2. The molecule has 0 bridgehead atoms. The van der Waals surface area contributed by atoms with E-state index in [-0.39, 0.29) is 24.9 Å². The zero-order valence-electron chi connectivity index (χ0n) is 49.0. The third kappa shape index (κ3) is 55.2. The lowest BCUT2D eigenvalue weighted by molar-refractivity contribution is -0.870. The van der Waals surface area contributed by atoms with Crippen molar-refractivity contribution < 1.29 is 37.3 Å². The van der Waals surface area contributed by atoms with E-state index < -0.39 is 26.6 Å². The molecular formula is C65H113N2O7P. The number of carbonyl (C=O) groups is 2. The van der Waals surface area contributed by atoms with Crippen LogP contribution in [0.15, 0.2) is 109 Å². The van der Waals surface area contributed by atoms with Crippen molar-refractivity contribution >= 4 is 19.7 Å². The van der Waals surface area contributed by atoms with E-state index in [9.17, 15) is 19.0 Å². The first kappa shape index (κ1) is 71.7. The number of nitrogens with zero attached hydrogens (tertiary/aromatic N) is 1. The molecule has 0 aliphatic heterocycles. The van der Waals surface area contributed by atoms with Gasteiger partial charge in [0.15, 0.2) is 0 Å². The largest absolute Gasteiger partial charge is 0.756 e. The number of likely N-dealkylation sites (N-methyl/N-ethyl adjacent to an activating group) is 1. The quantitative estimate of drug-likeness (QED) is 0.0212. The molecule has 0 spiro atoms. The van der Waals surface area contributed by atoms with Crippen molar-refractivity contribution in [1.29, 1.82) is 0 Å². The maximum atomic E-state index is 13.5. The van der Waals surface area contributed by atoms with Gasteiger partial charge in [-0.05, 0) is 109 Å². The Balaban J connectivity index is 5.34. The van der Waals surface area contributed by atoms with Gasteiger partial charge in [0.25, 0.3) is 7.82 Å². The zero-order chi connectivity index (χ0) is 55.0. The highest BCUT2D eigenvalue weighted by Crippen LogP contribution is 2.38. The first-order chi connectivity index (χ1) is 36.4. The first-order valence-corrected chi connectivity index (χ1v) is 31.7. The summed E-state index contributed by atoms with van der Waals surface area (Å²) in [7, 11) is 1.15. The minimum atomic E-state index is -4.71. The summed E-state index contributed by atoms with van der Waals surface area (Å²) in [5.41, 5.74) is 0. The molecule has 0 aromatic rings. The van der Waals surface area contributed by atoms with Crippen molar-refractivity contribution in [3.63, 3.8) is 0 Å². The molecule has 0 saturated carbocycles. The predicted molar refractivity (Wildman–Crippen MR) is 320 cm³/mol. The summed E-state index contributed by atoms with van der Waals surface area (Å²) in [6.07, 6.45) is 73.4. The van der Waals surface area contributed by atoms with E-state index in [2.05, 4.69) is 123 Å². The number of phosphoric ester groups is 1. The standard InChI is InChI=1S/C65H113N2O7P/c1-7-10-13-16-19-22-25-28-30-32-33-34-35-36-38-40-43-46-49-52-55-58-65(69)74-63(56-53-50-47-44-41-27-24-21-18-15-12-9-3)62(61-73-75(70,71)72-60-59-67(4,5)6)66-64(68)57-54-51-48-45-42-39-37-31-29-26-23-20-17-14-11-8-2/h10-11,13-14,19-20,22-23,28-31,33-34,36,38,53,56,62-63H,7-9,12,15-18,21,24-27,32,35,37,39-52,54-55,57-61H2,1-6H3,(H-,66,68,70,71)/b13-10-,14-11+,22-19-,23-20+,30-28-,31-29+,34-33-,38-36-,56-53+. The van der Waals surface area contributed by atoms with Crippen LogP contribution in [0.5, 0.6) is 0 Å². The maximum Gasteiger partial charge on any atom is 0.306 e. The van der Waals surface area contributed by atoms with Crippen molar-refractivity contribution in [3.05, 3.63) is 109 Å². The number of ether oxygens (including phenoxy) is 1. The van der Waals surface area contributed by atoms with Crippen molar-refractivity contribution in [2.24, 2.45) is 0 Å². The van der Waals surface area contributed by atoms with Gasteiger partial charge >= 0.3 is 5.97 Å².